The molecule has 3 rings (SSSR count). The first kappa shape index (κ1) is 20.9. The Morgan fingerprint density at radius 3 is 2.24 bits per heavy atom. The highest BCUT2D eigenvalue weighted by molar-refractivity contribution is 7.98. The Kier molecular flexibility index (Phi) is 7.26. The summed E-state index contributed by atoms with van der Waals surface area (Å²) in [6.45, 7) is 0.0851. The molecule has 0 radical (unpaired) electrons. The lowest BCUT2D eigenvalue weighted by molar-refractivity contribution is -0.146. The molecule has 152 valence electrons. The van der Waals surface area contributed by atoms with Gasteiger partial charge in [0.1, 0.15) is 12.6 Å². The standard InChI is InChI=1S/C21H21NO6S/c23-19(17-18(28-17)21(26)27-11-14-7-3-1-4-8-14)22-16(20(24)25)13-29-12-15-9-5-2-6-10-15/h1-10,16-18H,11-13H2,(H,22,23)(H,24,25)/t16-,17?,18?/m0/s1. The number of carboxylic acid groups (broad SMARTS) is 1. The van der Waals surface area contributed by atoms with E-state index in [2.05, 4.69) is 5.32 Å². The second-order valence-electron chi connectivity index (χ2n) is 6.47. The molecule has 0 spiro atoms. The molecule has 29 heavy (non-hydrogen) atoms. The number of thioether (sulfide) groups is 1. The molecule has 0 saturated carbocycles. The van der Waals surface area contributed by atoms with Crippen molar-refractivity contribution in [2.75, 3.05) is 5.75 Å². The highest BCUT2D eigenvalue weighted by Gasteiger charge is 2.52. The number of carbonyl (C=O) groups excluding carboxylic acids is 2. The number of aliphatic carboxylic acids is 1. The van der Waals surface area contributed by atoms with Crippen molar-refractivity contribution in [3.05, 3.63) is 71.8 Å². The van der Waals surface area contributed by atoms with Gasteiger partial charge in [0.25, 0.3) is 5.91 Å². The van der Waals surface area contributed by atoms with E-state index in [-0.39, 0.29) is 12.4 Å². The second kappa shape index (κ2) is 10.1. The average molecular weight is 415 g/mol. The fourth-order valence-corrected chi connectivity index (χ4v) is 3.61. The zero-order valence-electron chi connectivity index (χ0n) is 15.5. The maximum atomic E-state index is 12.2. The lowest BCUT2D eigenvalue weighted by Crippen LogP contribution is -2.45. The summed E-state index contributed by atoms with van der Waals surface area (Å²) in [5, 5.41) is 11.8. The monoisotopic (exact) mass is 415 g/mol. The van der Waals surface area contributed by atoms with Crippen LogP contribution in [-0.4, -0.2) is 47.0 Å². The van der Waals surface area contributed by atoms with Crippen LogP contribution in [0.4, 0.5) is 0 Å². The molecule has 1 amide bonds. The zero-order valence-corrected chi connectivity index (χ0v) is 16.3. The molecule has 3 atom stereocenters. The summed E-state index contributed by atoms with van der Waals surface area (Å²) in [5.74, 6) is -1.57. The van der Waals surface area contributed by atoms with Gasteiger partial charge in [0.2, 0.25) is 0 Å². The minimum Gasteiger partial charge on any atom is -0.480 e. The summed E-state index contributed by atoms with van der Waals surface area (Å²) in [6.07, 6.45) is -2.01. The topological polar surface area (TPSA) is 105 Å². The van der Waals surface area contributed by atoms with Crippen LogP contribution in [0.25, 0.3) is 0 Å². The van der Waals surface area contributed by atoms with Crippen molar-refractivity contribution in [2.45, 2.75) is 30.6 Å². The van der Waals surface area contributed by atoms with Crippen molar-refractivity contribution in [3.63, 3.8) is 0 Å². The largest absolute Gasteiger partial charge is 0.480 e. The number of benzene rings is 2. The van der Waals surface area contributed by atoms with Crippen LogP contribution in [0.2, 0.25) is 0 Å². The molecule has 1 aliphatic heterocycles. The summed E-state index contributed by atoms with van der Waals surface area (Å²) < 4.78 is 10.2. The SMILES string of the molecule is O=C(N[C@@H](CSCc1ccccc1)C(=O)O)C1OC1C(=O)OCc1ccccc1. The van der Waals surface area contributed by atoms with Gasteiger partial charge < -0.3 is 19.9 Å². The van der Waals surface area contributed by atoms with E-state index in [1.807, 2.05) is 60.7 Å². The Morgan fingerprint density at radius 1 is 1.00 bits per heavy atom. The number of nitrogens with one attached hydrogen (secondary N) is 1. The number of amides is 1. The molecule has 2 N–H and O–H groups in total. The van der Waals surface area contributed by atoms with Gasteiger partial charge in [-0.15, -0.1) is 0 Å². The molecule has 0 bridgehead atoms. The molecule has 8 heteroatoms. The molecule has 7 nitrogen and oxygen atoms in total. The van der Waals surface area contributed by atoms with Gasteiger partial charge in [-0.25, -0.2) is 9.59 Å². The van der Waals surface area contributed by atoms with Crippen molar-refractivity contribution in [1.82, 2.24) is 5.32 Å². The van der Waals surface area contributed by atoms with E-state index in [1.54, 1.807) is 0 Å². The third-order valence-electron chi connectivity index (χ3n) is 4.22. The van der Waals surface area contributed by atoms with E-state index >= 15 is 0 Å². The van der Waals surface area contributed by atoms with Crippen LogP contribution in [0, 0.1) is 0 Å². The lowest BCUT2D eigenvalue weighted by atomic mass is 10.2. The number of carbonyl (C=O) groups is 3. The van der Waals surface area contributed by atoms with E-state index in [0.717, 1.165) is 11.1 Å². The van der Waals surface area contributed by atoms with E-state index in [4.69, 9.17) is 9.47 Å². The van der Waals surface area contributed by atoms with E-state index in [1.165, 1.54) is 11.8 Å². The normalized spacial score (nSPS) is 18.5. The minimum atomic E-state index is -1.14. The number of hydrogen-bond donors (Lipinski definition) is 2. The summed E-state index contributed by atoms with van der Waals surface area (Å²) >= 11 is 1.40. The molecule has 1 aliphatic rings. The zero-order chi connectivity index (χ0) is 20.6. The molecular formula is C21H21NO6S. The van der Waals surface area contributed by atoms with Crippen molar-refractivity contribution >= 4 is 29.6 Å². The molecule has 2 aromatic carbocycles. The summed E-state index contributed by atoms with van der Waals surface area (Å²) in [4.78, 5) is 35.7. The number of ether oxygens (including phenoxy) is 2. The second-order valence-corrected chi connectivity index (χ2v) is 7.50. The van der Waals surface area contributed by atoms with Crippen LogP contribution in [0.5, 0.6) is 0 Å². The van der Waals surface area contributed by atoms with Gasteiger partial charge in [-0.1, -0.05) is 60.7 Å². The number of rotatable bonds is 10. The maximum Gasteiger partial charge on any atom is 0.338 e. The van der Waals surface area contributed by atoms with E-state index < -0.39 is 36.1 Å². The predicted octanol–water partition coefficient (Wildman–Crippen LogP) is 2.00. The van der Waals surface area contributed by atoms with Crippen molar-refractivity contribution < 1.29 is 29.0 Å². The number of esters is 1. The Labute approximate surface area is 172 Å². The summed E-state index contributed by atoms with van der Waals surface area (Å²) in [6, 6.07) is 17.7. The number of carboxylic acids is 1. The fourth-order valence-electron chi connectivity index (χ4n) is 2.60. The van der Waals surface area contributed by atoms with Crippen LogP contribution < -0.4 is 5.32 Å². The molecular weight excluding hydrogens is 394 g/mol. The van der Waals surface area contributed by atoms with Crippen LogP contribution in [0.1, 0.15) is 11.1 Å². The van der Waals surface area contributed by atoms with Gasteiger partial charge in [-0.3, -0.25) is 4.79 Å². The average Bonchev–Trinajstić information content (AvgIpc) is 3.54. The van der Waals surface area contributed by atoms with Gasteiger partial charge in [0, 0.05) is 11.5 Å². The Morgan fingerprint density at radius 2 is 1.62 bits per heavy atom. The van der Waals surface area contributed by atoms with Crippen molar-refractivity contribution in [1.29, 1.82) is 0 Å². The quantitative estimate of drug-likeness (QED) is 0.452. The van der Waals surface area contributed by atoms with Crippen molar-refractivity contribution in [3.8, 4) is 0 Å². The molecule has 2 unspecified atom stereocenters. The first-order valence-corrected chi connectivity index (χ1v) is 10.2. The van der Waals surface area contributed by atoms with Crippen LogP contribution in [0.15, 0.2) is 60.7 Å². The Balaban J connectivity index is 1.42. The van der Waals surface area contributed by atoms with Crippen LogP contribution in [-0.2, 0) is 36.2 Å². The van der Waals surface area contributed by atoms with Crippen molar-refractivity contribution in [2.24, 2.45) is 0 Å². The predicted molar refractivity (Wildman–Crippen MR) is 107 cm³/mol. The highest BCUT2D eigenvalue weighted by Crippen LogP contribution is 2.24. The summed E-state index contributed by atoms with van der Waals surface area (Å²) in [7, 11) is 0. The molecule has 0 aliphatic carbocycles. The maximum absolute atomic E-state index is 12.2. The first-order valence-electron chi connectivity index (χ1n) is 9.05. The van der Waals surface area contributed by atoms with Gasteiger partial charge in [-0.2, -0.15) is 11.8 Å². The van der Waals surface area contributed by atoms with Gasteiger partial charge in [0.05, 0.1) is 0 Å². The fraction of sp³-hybridized carbons (Fsp3) is 0.286. The Hall–Kier alpha value is -2.84. The van der Waals surface area contributed by atoms with Crippen LogP contribution in [0.3, 0.4) is 0 Å². The third kappa shape index (κ3) is 6.33. The molecule has 0 aromatic heterocycles. The Bertz CT molecular complexity index is 845. The number of epoxide rings is 1. The minimum absolute atomic E-state index is 0.0851. The van der Waals surface area contributed by atoms with Gasteiger partial charge >= 0.3 is 11.9 Å². The van der Waals surface area contributed by atoms with E-state index in [9.17, 15) is 19.5 Å². The molecule has 1 saturated heterocycles. The molecule has 2 aromatic rings. The molecule has 1 heterocycles. The van der Waals surface area contributed by atoms with Crippen LogP contribution >= 0.6 is 11.8 Å². The van der Waals surface area contributed by atoms with Gasteiger partial charge in [0.15, 0.2) is 12.2 Å². The first-order chi connectivity index (χ1) is 14.0. The summed E-state index contributed by atoms with van der Waals surface area (Å²) in [5.41, 5.74) is 1.89. The highest BCUT2D eigenvalue weighted by atomic mass is 32.2. The third-order valence-corrected chi connectivity index (χ3v) is 5.32. The number of hydrogen-bond acceptors (Lipinski definition) is 6. The van der Waals surface area contributed by atoms with Gasteiger partial charge in [-0.05, 0) is 11.1 Å². The molecule has 1 fully saturated rings. The lowest BCUT2D eigenvalue weighted by Gasteiger charge is -2.13. The smallest absolute Gasteiger partial charge is 0.338 e. The van der Waals surface area contributed by atoms with E-state index in [0.29, 0.717) is 5.75 Å².